The number of carbonyl (C=O) groups is 1. The normalized spacial score (nSPS) is 13.5. The van der Waals surface area contributed by atoms with Crippen molar-refractivity contribution in [2.24, 2.45) is 5.41 Å². The highest BCUT2D eigenvalue weighted by Crippen LogP contribution is 2.31. The maximum atomic E-state index is 12.1. The van der Waals surface area contributed by atoms with E-state index >= 15 is 0 Å². The highest BCUT2D eigenvalue weighted by atomic mass is 16.5. The van der Waals surface area contributed by atoms with Crippen molar-refractivity contribution in [1.29, 1.82) is 0 Å². The fourth-order valence-corrected chi connectivity index (χ4v) is 2.92. The molecule has 0 bridgehead atoms. The van der Waals surface area contributed by atoms with Crippen LogP contribution >= 0.6 is 0 Å². The van der Waals surface area contributed by atoms with Gasteiger partial charge in [-0.3, -0.25) is 4.79 Å². The molecular weight excluding hydrogens is 284 g/mol. The Hall–Kier alpha value is -1.31. The average molecular weight is 319 g/mol. The molecule has 23 heavy (non-hydrogen) atoms. The van der Waals surface area contributed by atoms with Gasteiger partial charge in [0, 0.05) is 5.41 Å². The van der Waals surface area contributed by atoms with Crippen LogP contribution in [0.1, 0.15) is 77.7 Å². The summed E-state index contributed by atoms with van der Waals surface area (Å²) in [6.45, 7) is 7.30. The number of rotatable bonds is 12. The molecule has 0 spiro atoms. The summed E-state index contributed by atoms with van der Waals surface area (Å²) < 4.78 is 5.63. The first-order valence-electron chi connectivity index (χ1n) is 9.29. The lowest BCUT2D eigenvalue weighted by Crippen LogP contribution is -2.26. The van der Waals surface area contributed by atoms with Crippen LogP contribution in [0.25, 0.3) is 0 Å². The molecule has 0 fully saturated rings. The molecule has 0 aromatic heterocycles. The van der Waals surface area contributed by atoms with Gasteiger partial charge in [-0.15, -0.1) is 0 Å². The summed E-state index contributed by atoms with van der Waals surface area (Å²) in [4.78, 5) is 12.1. The van der Waals surface area contributed by atoms with Crippen molar-refractivity contribution in [2.45, 2.75) is 78.6 Å². The van der Waals surface area contributed by atoms with Crippen LogP contribution in [0.4, 0.5) is 0 Å². The summed E-state index contributed by atoms with van der Waals surface area (Å²) in [5, 5.41) is 0. The van der Waals surface area contributed by atoms with Gasteiger partial charge in [-0.1, -0.05) is 89.6 Å². The standard InChI is InChI=1S/C21H34O2/c1-4-6-8-12-16-21(3,15-7-5-2)18-23-20(22)17-19-13-10-9-11-14-19/h9-11,13-14H,4-8,12,15-18H2,1-3H3. The van der Waals surface area contributed by atoms with E-state index in [2.05, 4.69) is 20.8 Å². The quantitative estimate of drug-likeness (QED) is 0.352. The van der Waals surface area contributed by atoms with Gasteiger partial charge in [-0.2, -0.15) is 0 Å². The summed E-state index contributed by atoms with van der Waals surface area (Å²) in [7, 11) is 0. The van der Waals surface area contributed by atoms with Crippen LogP contribution in [0.3, 0.4) is 0 Å². The lowest BCUT2D eigenvalue weighted by atomic mass is 9.80. The number of hydrogen-bond acceptors (Lipinski definition) is 2. The molecule has 0 heterocycles. The van der Waals surface area contributed by atoms with Gasteiger partial charge in [-0.25, -0.2) is 0 Å². The molecule has 0 saturated carbocycles. The second-order valence-corrected chi connectivity index (χ2v) is 7.05. The largest absolute Gasteiger partial charge is 0.465 e. The lowest BCUT2D eigenvalue weighted by molar-refractivity contribution is -0.146. The molecule has 1 aromatic carbocycles. The second-order valence-electron chi connectivity index (χ2n) is 7.05. The summed E-state index contributed by atoms with van der Waals surface area (Å²) in [5.74, 6) is -0.104. The number of carbonyl (C=O) groups excluding carboxylic acids is 1. The minimum Gasteiger partial charge on any atom is -0.465 e. The first-order chi connectivity index (χ1) is 11.1. The lowest BCUT2D eigenvalue weighted by Gasteiger charge is -2.29. The van der Waals surface area contributed by atoms with E-state index in [-0.39, 0.29) is 11.4 Å². The van der Waals surface area contributed by atoms with Crippen LogP contribution in [0, 0.1) is 5.41 Å². The first-order valence-corrected chi connectivity index (χ1v) is 9.29. The second kappa shape index (κ2) is 11.3. The molecule has 0 radical (unpaired) electrons. The van der Waals surface area contributed by atoms with E-state index in [0.29, 0.717) is 13.0 Å². The molecule has 0 saturated heterocycles. The Morgan fingerprint density at radius 2 is 1.61 bits per heavy atom. The molecule has 0 aliphatic rings. The Labute approximate surface area is 142 Å². The van der Waals surface area contributed by atoms with Crippen LogP contribution in [-0.4, -0.2) is 12.6 Å². The number of unbranched alkanes of at least 4 members (excludes halogenated alkanes) is 4. The Morgan fingerprint density at radius 1 is 0.957 bits per heavy atom. The van der Waals surface area contributed by atoms with Crippen LogP contribution < -0.4 is 0 Å². The Morgan fingerprint density at radius 3 is 2.26 bits per heavy atom. The third-order valence-electron chi connectivity index (χ3n) is 4.54. The molecule has 0 amide bonds. The minimum atomic E-state index is -0.104. The SMILES string of the molecule is CCCCCCC(C)(CCCC)COC(=O)Cc1ccccc1. The number of ether oxygens (including phenoxy) is 1. The van der Waals surface area contributed by atoms with Gasteiger partial charge in [-0.05, 0) is 18.4 Å². The average Bonchev–Trinajstić information content (AvgIpc) is 2.56. The summed E-state index contributed by atoms with van der Waals surface area (Å²) in [5.41, 5.74) is 1.16. The van der Waals surface area contributed by atoms with Crippen molar-refractivity contribution in [3.63, 3.8) is 0 Å². The molecule has 2 nitrogen and oxygen atoms in total. The molecule has 1 aromatic rings. The number of esters is 1. The van der Waals surface area contributed by atoms with Gasteiger partial charge in [0.05, 0.1) is 13.0 Å². The Balaban J connectivity index is 2.43. The predicted octanol–water partition coefficient (Wildman–Crippen LogP) is 5.94. The van der Waals surface area contributed by atoms with E-state index < -0.39 is 0 Å². The third kappa shape index (κ3) is 8.78. The van der Waals surface area contributed by atoms with E-state index in [1.54, 1.807) is 0 Å². The van der Waals surface area contributed by atoms with Crippen molar-refractivity contribution in [1.82, 2.24) is 0 Å². The zero-order valence-electron chi connectivity index (χ0n) is 15.3. The first kappa shape index (κ1) is 19.7. The highest BCUT2D eigenvalue weighted by Gasteiger charge is 2.25. The fraction of sp³-hybridized carbons (Fsp3) is 0.667. The van der Waals surface area contributed by atoms with Gasteiger partial charge < -0.3 is 4.74 Å². The van der Waals surface area contributed by atoms with Crippen molar-refractivity contribution in [2.75, 3.05) is 6.61 Å². The molecule has 0 N–H and O–H groups in total. The van der Waals surface area contributed by atoms with Crippen molar-refractivity contribution in [3.05, 3.63) is 35.9 Å². The molecule has 2 heteroatoms. The number of benzene rings is 1. The minimum absolute atomic E-state index is 0.104. The van der Waals surface area contributed by atoms with Gasteiger partial charge in [0.15, 0.2) is 0 Å². The predicted molar refractivity (Wildman–Crippen MR) is 97.5 cm³/mol. The Kier molecular flexibility index (Phi) is 9.66. The van der Waals surface area contributed by atoms with Crippen molar-refractivity contribution >= 4 is 5.97 Å². The maximum absolute atomic E-state index is 12.1. The molecule has 0 aliphatic heterocycles. The van der Waals surface area contributed by atoms with Crippen LogP contribution in [0.15, 0.2) is 30.3 Å². The van der Waals surface area contributed by atoms with E-state index in [4.69, 9.17) is 4.74 Å². The van der Waals surface area contributed by atoms with E-state index in [1.807, 2.05) is 30.3 Å². The van der Waals surface area contributed by atoms with Crippen LogP contribution in [-0.2, 0) is 16.0 Å². The molecule has 1 unspecified atom stereocenters. The summed E-state index contributed by atoms with van der Waals surface area (Å²) in [6.07, 6.45) is 10.2. The molecule has 0 aliphatic carbocycles. The van der Waals surface area contributed by atoms with Crippen LogP contribution in [0.5, 0.6) is 0 Å². The van der Waals surface area contributed by atoms with E-state index in [9.17, 15) is 4.79 Å². The van der Waals surface area contributed by atoms with Crippen molar-refractivity contribution in [3.8, 4) is 0 Å². The molecular formula is C21H34O2. The zero-order valence-corrected chi connectivity index (χ0v) is 15.3. The summed E-state index contributed by atoms with van der Waals surface area (Å²) in [6, 6.07) is 9.83. The summed E-state index contributed by atoms with van der Waals surface area (Å²) >= 11 is 0. The van der Waals surface area contributed by atoms with E-state index in [1.165, 1.54) is 38.5 Å². The van der Waals surface area contributed by atoms with Gasteiger partial charge >= 0.3 is 5.97 Å². The third-order valence-corrected chi connectivity index (χ3v) is 4.54. The Bertz CT molecular complexity index is 427. The van der Waals surface area contributed by atoms with Gasteiger partial charge in [0.2, 0.25) is 0 Å². The molecule has 130 valence electrons. The van der Waals surface area contributed by atoms with Crippen LogP contribution in [0.2, 0.25) is 0 Å². The smallest absolute Gasteiger partial charge is 0.310 e. The molecule has 1 atom stereocenters. The maximum Gasteiger partial charge on any atom is 0.310 e. The highest BCUT2D eigenvalue weighted by molar-refractivity contribution is 5.72. The molecule has 1 rings (SSSR count). The zero-order chi connectivity index (χ0) is 17.0. The van der Waals surface area contributed by atoms with Gasteiger partial charge in [0.1, 0.15) is 0 Å². The van der Waals surface area contributed by atoms with Gasteiger partial charge in [0.25, 0.3) is 0 Å². The van der Waals surface area contributed by atoms with E-state index in [0.717, 1.165) is 18.4 Å². The fourth-order valence-electron chi connectivity index (χ4n) is 2.92. The monoisotopic (exact) mass is 318 g/mol. The topological polar surface area (TPSA) is 26.3 Å². The van der Waals surface area contributed by atoms with Crippen molar-refractivity contribution < 1.29 is 9.53 Å². The number of hydrogen-bond donors (Lipinski definition) is 0.